The number of rotatable bonds is 5. The van der Waals surface area contributed by atoms with Crippen LogP contribution in [-0.2, 0) is 12.4 Å². The second-order valence-electron chi connectivity index (χ2n) is 4.30. The van der Waals surface area contributed by atoms with Gasteiger partial charge in [-0.2, -0.15) is 0 Å². The first-order valence-electron chi connectivity index (χ1n) is 6.39. The van der Waals surface area contributed by atoms with E-state index in [4.69, 9.17) is 20.9 Å². The van der Waals surface area contributed by atoms with Gasteiger partial charge in [0.15, 0.2) is 0 Å². The number of ether oxygens (including phenoxy) is 1. The number of fused-ring (bicyclic) bond motifs is 1. The van der Waals surface area contributed by atoms with Crippen LogP contribution >= 0.6 is 11.6 Å². The van der Waals surface area contributed by atoms with Crippen LogP contribution < -0.4 is 4.74 Å². The lowest BCUT2D eigenvalue weighted by Crippen LogP contribution is -2.03. The minimum atomic E-state index is 0.331. The quantitative estimate of drug-likeness (QED) is 0.677. The van der Waals surface area contributed by atoms with Gasteiger partial charge in [-0.15, -0.1) is 11.6 Å². The molecule has 0 aliphatic carbocycles. The number of alkyl halides is 1. The van der Waals surface area contributed by atoms with E-state index in [2.05, 4.69) is 10.1 Å². The monoisotopic (exact) mass is 291 g/mol. The summed E-state index contributed by atoms with van der Waals surface area (Å²) in [6.07, 6.45) is 1.56. The molecule has 2 aromatic heterocycles. The Morgan fingerprint density at radius 1 is 1.35 bits per heavy atom. The summed E-state index contributed by atoms with van der Waals surface area (Å²) in [6.45, 7) is 3.13. The van der Waals surface area contributed by atoms with E-state index in [1.165, 1.54) is 0 Å². The van der Waals surface area contributed by atoms with Crippen molar-refractivity contribution in [3.8, 4) is 5.75 Å². The number of benzene rings is 1. The second kappa shape index (κ2) is 5.54. The van der Waals surface area contributed by atoms with Gasteiger partial charge in [0.1, 0.15) is 29.0 Å². The summed E-state index contributed by atoms with van der Waals surface area (Å²) < 4.78 is 12.5. The fourth-order valence-corrected chi connectivity index (χ4v) is 2.40. The lowest BCUT2D eigenvalue weighted by atomic mass is 10.3. The van der Waals surface area contributed by atoms with Gasteiger partial charge in [-0.05, 0) is 19.1 Å². The first-order chi connectivity index (χ1) is 9.83. The van der Waals surface area contributed by atoms with Gasteiger partial charge in [0.05, 0.1) is 24.5 Å². The van der Waals surface area contributed by atoms with Crippen molar-refractivity contribution in [3.05, 3.63) is 42.0 Å². The summed E-state index contributed by atoms with van der Waals surface area (Å²) in [5, 5.41) is 3.93. The maximum atomic E-state index is 6.01. The van der Waals surface area contributed by atoms with Crippen LogP contribution in [0.5, 0.6) is 5.75 Å². The minimum Gasteiger partial charge on any atom is -0.492 e. The fraction of sp³-hybridized carbons (Fsp3) is 0.286. The first kappa shape index (κ1) is 13.0. The summed E-state index contributed by atoms with van der Waals surface area (Å²) in [5.74, 6) is 1.89. The summed E-state index contributed by atoms with van der Waals surface area (Å²) in [5.41, 5.74) is 2.64. The van der Waals surface area contributed by atoms with Crippen LogP contribution in [0.3, 0.4) is 0 Å². The van der Waals surface area contributed by atoms with Gasteiger partial charge in [0, 0.05) is 6.07 Å². The highest BCUT2D eigenvalue weighted by Crippen LogP contribution is 2.27. The van der Waals surface area contributed by atoms with Crippen molar-refractivity contribution in [2.24, 2.45) is 0 Å². The largest absolute Gasteiger partial charge is 0.492 e. The zero-order valence-corrected chi connectivity index (χ0v) is 11.8. The number of hydrogen-bond acceptors (Lipinski definition) is 4. The molecule has 0 bridgehead atoms. The van der Waals surface area contributed by atoms with Crippen molar-refractivity contribution in [3.63, 3.8) is 0 Å². The molecule has 0 aliphatic rings. The van der Waals surface area contributed by atoms with E-state index < -0.39 is 0 Å². The predicted molar refractivity (Wildman–Crippen MR) is 76.1 cm³/mol. The number of hydrogen-bond donors (Lipinski definition) is 0. The van der Waals surface area contributed by atoms with Crippen molar-refractivity contribution >= 4 is 22.6 Å². The van der Waals surface area contributed by atoms with Crippen molar-refractivity contribution in [1.29, 1.82) is 0 Å². The van der Waals surface area contributed by atoms with E-state index >= 15 is 0 Å². The Bertz CT molecular complexity index is 707. The Balaban J connectivity index is 2.12. The Labute approximate surface area is 121 Å². The number of imidazole rings is 1. The maximum absolute atomic E-state index is 6.01. The summed E-state index contributed by atoms with van der Waals surface area (Å²) in [7, 11) is 0. The van der Waals surface area contributed by atoms with Crippen molar-refractivity contribution in [2.75, 3.05) is 6.61 Å². The molecule has 0 radical (unpaired) electrons. The third-order valence-electron chi connectivity index (χ3n) is 3.05. The average Bonchev–Trinajstić information content (AvgIpc) is 3.08. The Morgan fingerprint density at radius 2 is 2.25 bits per heavy atom. The SMILES string of the molecule is CCOc1cccc2c1nc(CCl)n2Cc1ccon1. The molecule has 5 nitrogen and oxygen atoms in total. The van der Waals surface area contributed by atoms with Crippen molar-refractivity contribution in [1.82, 2.24) is 14.7 Å². The zero-order valence-electron chi connectivity index (χ0n) is 11.0. The molecule has 6 heteroatoms. The normalized spacial score (nSPS) is 11.1. The maximum Gasteiger partial charge on any atom is 0.147 e. The van der Waals surface area contributed by atoms with Crippen LogP contribution in [0.2, 0.25) is 0 Å². The highest BCUT2D eigenvalue weighted by atomic mass is 35.5. The molecule has 0 fully saturated rings. The molecule has 0 amide bonds. The number of nitrogens with zero attached hydrogens (tertiary/aromatic N) is 3. The summed E-state index contributed by atoms with van der Waals surface area (Å²) >= 11 is 6.01. The molecule has 3 aromatic rings. The molecule has 104 valence electrons. The van der Waals surface area contributed by atoms with Crippen LogP contribution in [0.4, 0.5) is 0 Å². The molecule has 0 saturated heterocycles. The fourth-order valence-electron chi connectivity index (χ4n) is 2.20. The van der Waals surface area contributed by atoms with Crippen LogP contribution in [-0.4, -0.2) is 21.3 Å². The van der Waals surface area contributed by atoms with E-state index in [-0.39, 0.29) is 0 Å². The molecule has 20 heavy (non-hydrogen) atoms. The molecule has 1 aromatic carbocycles. The van der Waals surface area contributed by atoms with Crippen LogP contribution in [0.15, 0.2) is 35.1 Å². The molecule has 0 N–H and O–H groups in total. The van der Waals surface area contributed by atoms with E-state index in [1.54, 1.807) is 6.26 Å². The van der Waals surface area contributed by atoms with E-state index in [1.807, 2.05) is 35.8 Å². The molecular weight excluding hydrogens is 278 g/mol. The van der Waals surface area contributed by atoms with Gasteiger partial charge in [-0.25, -0.2) is 4.98 Å². The number of halogens is 1. The highest BCUT2D eigenvalue weighted by Gasteiger charge is 2.14. The third-order valence-corrected chi connectivity index (χ3v) is 3.29. The van der Waals surface area contributed by atoms with Crippen LogP contribution in [0.25, 0.3) is 11.0 Å². The molecular formula is C14H14ClN3O2. The predicted octanol–water partition coefficient (Wildman–Crippen LogP) is 3.21. The Hall–Kier alpha value is -2.01. The molecule has 0 atom stereocenters. The van der Waals surface area contributed by atoms with Crippen LogP contribution in [0.1, 0.15) is 18.4 Å². The third kappa shape index (κ3) is 2.25. The number of para-hydroxylation sites is 1. The standard InChI is InChI=1S/C14H14ClN3O2/c1-2-19-12-5-3-4-11-14(12)16-13(8-15)18(11)9-10-6-7-20-17-10/h3-7H,2,8-9H2,1H3. The summed E-state index contributed by atoms with van der Waals surface area (Å²) in [6, 6.07) is 7.70. The molecule has 2 heterocycles. The topological polar surface area (TPSA) is 53.1 Å². The van der Waals surface area contributed by atoms with Gasteiger partial charge in [0.2, 0.25) is 0 Å². The molecule has 3 rings (SSSR count). The van der Waals surface area contributed by atoms with Gasteiger partial charge >= 0.3 is 0 Å². The van der Waals surface area contributed by atoms with Crippen molar-refractivity contribution < 1.29 is 9.26 Å². The van der Waals surface area contributed by atoms with E-state index in [9.17, 15) is 0 Å². The smallest absolute Gasteiger partial charge is 0.147 e. The summed E-state index contributed by atoms with van der Waals surface area (Å²) in [4.78, 5) is 4.58. The van der Waals surface area contributed by atoms with Gasteiger partial charge in [-0.1, -0.05) is 11.2 Å². The Kier molecular flexibility index (Phi) is 3.60. The lowest BCUT2D eigenvalue weighted by molar-refractivity contribution is 0.343. The highest BCUT2D eigenvalue weighted by molar-refractivity contribution is 6.16. The van der Waals surface area contributed by atoms with Crippen LogP contribution in [0, 0.1) is 0 Å². The molecule has 0 aliphatic heterocycles. The van der Waals surface area contributed by atoms with Gasteiger partial charge < -0.3 is 13.8 Å². The lowest BCUT2D eigenvalue weighted by Gasteiger charge is -2.06. The van der Waals surface area contributed by atoms with E-state index in [0.29, 0.717) is 19.0 Å². The minimum absolute atomic E-state index is 0.331. The van der Waals surface area contributed by atoms with E-state index in [0.717, 1.165) is 28.3 Å². The second-order valence-corrected chi connectivity index (χ2v) is 4.56. The molecule has 0 unspecified atom stereocenters. The first-order valence-corrected chi connectivity index (χ1v) is 6.93. The number of aromatic nitrogens is 3. The Morgan fingerprint density at radius 3 is 2.95 bits per heavy atom. The zero-order chi connectivity index (χ0) is 13.9. The van der Waals surface area contributed by atoms with Gasteiger partial charge in [-0.3, -0.25) is 0 Å². The van der Waals surface area contributed by atoms with Gasteiger partial charge in [0.25, 0.3) is 0 Å². The van der Waals surface area contributed by atoms with Crippen molar-refractivity contribution in [2.45, 2.75) is 19.3 Å². The molecule has 0 spiro atoms. The molecule has 0 saturated carbocycles. The average molecular weight is 292 g/mol.